The Morgan fingerprint density at radius 3 is 2.76 bits per heavy atom. The van der Waals surface area contributed by atoms with Gasteiger partial charge in [0.05, 0.1) is 24.4 Å². The van der Waals surface area contributed by atoms with Gasteiger partial charge in [-0.25, -0.2) is 0 Å². The van der Waals surface area contributed by atoms with Crippen LogP contribution >= 0.6 is 0 Å². The first kappa shape index (κ1) is 22.8. The third-order valence-electron chi connectivity index (χ3n) is 13.4. The summed E-state index contributed by atoms with van der Waals surface area (Å²) in [4.78, 5) is 2.59. The molecule has 34 heavy (non-hydrogen) atoms. The Morgan fingerprint density at radius 1 is 1.15 bits per heavy atom. The van der Waals surface area contributed by atoms with Crippen LogP contribution in [0.3, 0.4) is 0 Å². The van der Waals surface area contributed by atoms with Crippen LogP contribution < -0.4 is 0 Å². The fraction of sp³-hybridized carbons (Fsp3) is 0.933. The van der Waals surface area contributed by atoms with E-state index in [9.17, 15) is 10.2 Å². The van der Waals surface area contributed by atoms with Gasteiger partial charge in [0.2, 0.25) is 0 Å². The second-order valence-corrected chi connectivity index (χ2v) is 14.4. The van der Waals surface area contributed by atoms with Crippen molar-refractivity contribution in [1.29, 1.82) is 0 Å². The molecule has 4 nitrogen and oxygen atoms in total. The summed E-state index contributed by atoms with van der Waals surface area (Å²) in [6.07, 6.45) is 13.7. The Hall–Kier alpha value is -0.420. The highest BCUT2D eigenvalue weighted by Gasteiger charge is 2.84. The van der Waals surface area contributed by atoms with Gasteiger partial charge in [0.25, 0.3) is 0 Å². The van der Waals surface area contributed by atoms with Crippen LogP contribution in [-0.4, -0.2) is 58.7 Å². The van der Waals surface area contributed by atoms with Crippen molar-refractivity contribution >= 4 is 0 Å². The maximum absolute atomic E-state index is 10.4. The van der Waals surface area contributed by atoms with Crippen LogP contribution in [0.4, 0.5) is 0 Å². The van der Waals surface area contributed by atoms with Crippen LogP contribution in [0.5, 0.6) is 0 Å². The Bertz CT molecular complexity index is 903. The van der Waals surface area contributed by atoms with Gasteiger partial charge in [-0.1, -0.05) is 39.3 Å². The van der Waals surface area contributed by atoms with E-state index in [-0.39, 0.29) is 18.3 Å². The normalized spacial score (nSPS) is 60.1. The SMILES string of the molecule is C[C@H]1C[C@H]2O[C@]3(CC[C@H]4[C@@H]5CC=C6C[C@@H](O)CC[C@]6(C)[C@H]5CC45CC53C)[C@H](C)[C@@H]2N(CCO)C1. The molecule has 6 fully saturated rings. The number of rotatable bonds is 2. The van der Waals surface area contributed by atoms with E-state index in [1.54, 1.807) is 5.57 Å². The van der Waals surface area contributed by atoms with Crippen LogP contribution in [0.2, 0.25) is 0 Å². The molecule has 4 saturated carbocycles. The maximum atomic E-state index is 10.4. The van der Waals surface area contributed by atoms with Gasteiger partial charge in [-0.2, -0.15) is 0 Å². The van der Waals surface area contributed by atoms with Gasteiger partial charge in [0.15, 0.2) is 0 Å². The van der Waals surface area contributed by atoms with E-state index in [1.165, 1.54) is 44.9 Å². The Labute approximate surface area is 206 Å². The molecule has 2 heterocycles. The first-order chi connectivity index (χ1) is 16.2. The van der Waals surface area contributed by atoms with Crippen molar-refractivity contribution in [2.45, 2.75) is 109 Å². The van der Waals surface area contributed by atoms with Crippen molar-refractivity contribution in [3.8, 4) is 0 Å². The van der Waals surface area contributed by atoms with Gasteiger partial charge < -0.3 is 14.9 Å². The van der Waals surface area contributed by atoms with E-state index in [0.29, 0.717) is 40.2 Å². The molecule has 2 N–H and O–H groups in total. The molecule has 12 atom stereocenters. The molecule has 0 aromatic carbocycles. The summed E-state index contributed by atoms with van der Waals surface area (Å²) in [7, 11) is 0. The lowest BCUT2D eigenvalue weighted by molar-refractivity contribution is -0.148. The third kappa shape index (κ3) is 2.55. The smallest absolute Gasteiger partial charge is 0.0787 e. The predicted octanol–water partition coefficient (Wildman–Crippen LogP) is 4.79. The van der Waals surface area contributed by atoms with Crippen molar-refractivity contribution in [2.75, 3.05) is 19.7 Å². The first-order valence-electron chi connectivity index (χ1n) is 14.6. The molecule has 0 radical (unpaired) electrons. The third-order valence-corrected chi connectivity index (χ3v) is 13.4. The second-order valence-electron chi connectivity index (χ2n) is 14.4. The molecule has 2 saturated heterocycles. The quantitative estimate of drug-likeness (QED) is 0.571. The average molecular weight is 470 g/mol. The van der Waals surface area contributed by atoms with Crippen molar-refractivity contribution in [3.05, 3.63) is 11.6 Å². The summed E-state index contributed by atoms with van der Waals surface area (Å²) in [6.45, 7) is 12.2. The number of aliphatic hydroxyl groups excluding tert-OH is 2. The summed E-state index contributed by atoms with van der Waals surface area (Å²) >= 11 is 0. The fourth-order valence-corrected chi connectivity index (χ4v) is 11.8. The lowest BCUT2D eigenvalue weighted by atomic mass is 9.56. The zero-order chi connectivity index (χ0) is 23.7. The van der Waals surface area contributed by atoms with E-state index in [0.717, 1.165) is 43.7 Å². The first-order valence-corrected chi connectivity index (χ1v) is 14.6. The van der Waals surface area contributed by atoms with E-state index in [4.69, 9.17) is 4.74 Å². The number of β-amino-alcohol motifs (C(OH)–C–C–N with tert-alkyl or cyclic N) is 1. The molecule has 5 aliphatic carbocycles. The molecule has 0 aromatic heterocycles. The van der Waals surface area contributed by atoms with Crippen LogP contribution in [0, 0.1) is 45.8 Å². The summed E-state index contributed by atoms with van der Waals surface area (Å²) in [5.74, 6) is 3.69. The minimum Gasteiger partial charge on any atom is -0.395 e. The molecule has 2 aliphatic heterocycles. The van der Waals surface area contributed by atoms with Gasteiger partial charge in [0, 0.05) is 30.5 Å². The second kappa shape index (κ2) is 7.11. The molecule has 0 aromatic rings. The number of fused-ring (bicyclic) bond motifs is 6. The molecule has 190 valence electrons. The molecule has 0 amide bonds. The number of aliphatic hydroxyl groups is 2. The Kier molecular flexibility index (Phi) is 4.76. The number of ether oxygens (including phenoxy) is 1. The van der Waals surface area contributed by atoms with Gasteiger partial charge in [0.1, 0.15) is 0 Å². The number of hydrogen-bond acceptors (Lipinski definition) is 4. The summed E-state index contributed by atoms with van der Waals surface area (Å²) in [5, 5.41) is 20.2. The predicted molar refractivity (Wildman–Crippen MR) is 133 cm³/mol. The van der Waals surface area contributed by atoms with Crippen LogP contribution in [0.15, 0.2) is 11.6 Å². The lowest BCUT2D eigenvalue weighted by Gasteiger charge is -2.50. The van der Waals surface area contributed by atoms with Crippen molar-refractivity contribution in [2.24, 2.45) is 45.8 Å². The largest absolute Gasteiger partial charge is 0.395 e. The van der Waals surface area contributed by atoms with Crippen LogP contribution in [-0.2, 0) is 4.74 Å². The van der Waals surface area contributed by atoms with Crippen LogP contribution in [0.25, 0.3) is 0 Å². The summed E-state index contributed by atoms with van der Waals surface area (Å²) in [6, 6.07) is 0.476. The van der Waals surface area contributed by atoms with E-state index in [1.807, 2.05) is 0 Å². The molecule has 7 rings (SSSR count). The van der Waals surface area contributed by atoms with Gasteiger partial charge in [-0.15, -0.1) is 0 Å². The standard InChI is InChI=1S/C30H47NO3/c1-18-13-25-26(31(16-18)11-12-32)19(2)30(34-25)10-8-23-22-6-5-20-14-21(33)7-9-27(20,3)24(22)15-29(23)17-28(29,30)4/h5,18-19,21-26,32-33H,6-17H2,1-4H3/t18-,19+,21-,22-,23-,24-,25+,26-,27-,28?,29?,30+/m0/s1. The number of hydrogen-bond donors (Lipinski definition) is 2. The molecule has 2 spiro atoms. The van der Waals surface area contributed by atoms with Crippen LogP contribution in [0.1, 0.15) is 85.5 Å². The van der Waals surface area contributed by atoms with E-state index in [2.05, 4.69) is 38.7 Å². The Balaban J connectivity index is 1.21. The maximum Gasteiger partial charge on any atom is 0.0787 e. The average Bonchev–Trinajstić information content (AvgIpc) is 3.13. The minimum atomic E-state index is -0.118. The lowest BCUT2D eigenvalue weighted by Crippen LogP contribution is -2.54. The zero-order valence-corrected chi connectivity index (χ0v) is 21.9. The van der Waals surface area contributed by atoms with Gasteiger partial charge >= 0.3 is 0 Å². The van der Waals surface area contributed by atoms with Crippen molar-refractivity contribution in [3.63, 3.8) is 0 Å². The highest BCUT2D eigenvalue weighted by Crippen LogP contribution is 2.87. The number of likely N-dealkylation sites (tertiary alicyclic amines) is 1. The number of allylic oxidation sites excluding steroid dienone is 1. The molecular weight excluding hydrogens is 422 g/mol. The minimum absolute atomic E-state index is 0.0179. The Morgan fingerprint density at radius 2 is 1.97 bits per heavy atom. The zero-order valence-electron chi connectivity index (χ0n) is 21.9. The summed E-state index contributed by atoms with van der Waals surface area (Å²) < 4.78 is 7.34. The molecule has 7 aliphatic rings. The van der Waals surface area contributed by atoms with Gasteiger partial charge in [-0.3, -0.25) is 4.90 Å². The topological polar surface area (TPSA) is 52.9 Å². The highest BCUT2D eigenvalue weighted by molar-refractivity contribution is 5.36. The van der Waals surface area contributed by atoms with Gasteiger partial charge in [-0.05, 0) is 92.3 Å². The molecule has 2 unspecified atom stereocenters. The molecule has 4 heteroatoms. The number of nitrogens with zero attached hydrogens (tertiary/aromatic N) is 1. The van der Waals surface area contributed by atoms with E-state index >= 15 is 0 Å². The fourth-order valence-electron chi connectivity index (χ4n) is 11.8. The molecule has 0 bridgehead atoms. The van der Waals surface area contributed by atoms with E-state index < -0.39 is 0 Å². The van der Waals surface area contributed by atoms with Crippen molar-refractivity contribution in [1.82, 2.24) is 4.90 Å². The summed E-state index contributed by atoms with van der Waals surface area (Å²) in [5.41, 5.74) is 2.69. The highest BCUT2D eigenvalue weighted by atomic mass is 16.5. The number of piperidine rings is 1. The van der Waals surface area contributed by atoms with Crippen molar-refractivity contribution < 1.29 is 14.9 Å². The monoisotopic (exact) mass is 469 g/mol. The molecular formula is C30H47NO3.